The highest BCUT2D eigenvalue weighted by Crippen LogP contribution is 2.31. The van der Waals surface area contributed by atoms with Gasteiger partial charge in [-0.15, -0.1) is 0 Å². The summed E-state index contributed by atoms with van der Waals surface area (Å²) in [6, 6.07) is 17.7. The number of aliphatic hydroxyl groups is 1. The predicted octanol–water partition coefficient (Wildman–Crippen LogP) is 2.01. The van der Waals surface area contributed by atoms with E-state index < -0.39 is 6.10 Å². The largest absolute Gasteiger partial charge is 0.486 e. The van der Waals surface area contributed by atoms with Gasteiger partial charge in [-0.25, -0.2) is 0 Å². The SMILES string of the molecule is O=C(Cc1ccccc1)N1CCC(NCC(O)C2COc3ccccc3O2)CC1. The van der Waals surface area contributed by atoms with E-state index in [1.54, 1.807) is 0 Å². The van der Waals surface area contributed by atoms with Crippen LogP contribution in [0.4, 0.5) is 0 Å². The van der Waals surface area contributed by atoms with Crippen molar-refractivity contribution in [3.63, 3.8) is 0 Å². The molecular formula is C23H28N2O4. The van der Waals surface area contributed by atoms with Gasteiger partial charge in [-0.05, 0) is 30.5 Å². The number of aliphatic hydroxyl groups excluding tert-OH is 1. The molecule has 2 unspecified atom stereocenters. The standard InChI is InChI=1S/C23H28N2O4/c26-19(22-16-28-20-8-4-5-9-21(20)29-22)15-24-18-10-12-25(13-11-18)23(27)14-17-6-2-1-3-7-17/h1-9,18-19,22,24,26H,10-16H2. The number of carbonyl (C=O) groups is 1. The second kappa shape index (κ2) is 9.29. The van der Waals surface area contributed by atoms with Gasteiger partial charge in [-0.1, -0.05) is 42.5 Å². The van der Waals surface area contributed by atoms with Crippen LogP contribution >= 0.6 is 0 Å². The summed E-state index contributed by atoms with van der Waals surface area (Å²) in [5.74, 6) is 1.57. The fourth-order valence-electron chi connectivity index (χ4n) is 3.86. The van der Waals surface area contributed by atoms with Gasteiger partial charge in [0.05, 0.1) is 6.42 Å². The van der Waals surface area contributed by atoms with Gasteiger partial charge < -0.3 is 24.8 Å². The third kappa shape index (κ3) is 5.08. The highest BCUT2D eigenvalue weighted by molar-refractivity contribution is 5.78. The minimum absolute atomic E-state index is 0.182. The first-order valence-electron chi connectivity index (χ1n) is 10.3. The van der Waals surface area contributed by atoms with Gasteiger partial charge in [0.2, 0.25) is 5.91 Å². The van der Waals surface area contributed by atoms with Gasteiger partial charge in [0, 0.05) is 25.7 Å². The lowest BCUT2D eigenvalue weighted by Crippen LogP contribution is -2.50. The lowest BCUT2D eigenvalue weighted by atomic mass is 10.0. The number of benzene rings is 2. The smallest absolute Gasteiger partial charge is 0.226 e. The first-order chi connectivity index (χ1) is 14.2. The van der Waals surface area contributed by atoms with E-state index in [4.69, 9.17) is 9.47 Å². The Bertz CT molecular complexity index is 806. The number of rotatable bonds is 6. The summed E-state index contributed by atoms with van der Waals surface area (Å²) in [5.41, 5.74) is 1.05. The average Bonchev–Trinajstić information content (AvgIpc) is 2.78. The molecule has 0 radical (unpaired) electrons. The molecule has 0 bridgehead atoms. The Morgan fingerprint density at radius 2 is 1.76 bits per heavy atom. The molecule has 2 N–H and O–H groups in total. The van der Waals surface area contributed by atoms with E-state index in [0.717, 1.165) is 37.2 Å². The molecule has 0 saturated carbocycles. The van der Waals surface area contributed by atoms with Crippen LogP contribution in [0.3, 0.4) is 0 Å². The van der Waals surface area contributed by atoms with Crippen molar-refractivity contribution >= 4 is 5.91 Å². The zero-order chi connectivity index (χ0) is 20.1. The maximum absolute atomic E-state index is 12.5. The van der Waals surface area contributed by atoms with Crippen LogP contribution in [0.5, 0.6) is 11.5 Å². The molecule has 0 aliphatic carbocycles. The van der Waals surface area contributed by atoms with Gasteiger partial charge in [-0.2, -0.15) is 0 Å². The van der Waals surface area contributed by atoms with E-state index in [0.29, 0.717) is 31.4 Å². The topological polar surface area (TPSA) is 71.0 Å². The normalized spacial score (nSPS) is 20.3. The number of hydrogen-bond acceptors (Lipinski definition) is 5. The van der Waals surface area contributed by atoms with Crippen LogP contribution in [0, 0.1) is 0 Å². The molecule has 6 heteroatoms. The maximum atomic E-state index is 12.5. The Morgan fingerprint density at radius 3 is 2.52 bits per heavy atom. The summed E-state index contributed by atoms with van der Waals surface area (Å²) in [5, 5.41) is 13.9. The van der Waals surface area contributed by atoms with E-state index in [2.05, 4.69) is 5.32 Å². The molecule has 2 aromatic rings. The Morgan fingerprint density at radius 1 is 1.07 bits per heavy atom. The van der Waals surface area contributed by atoms with Crippen molar-refractivity contribution in [2.75, 3.05) is 26.2 Å². The maximum Gasteiger partial charge on any atom is 0.226 e. The zero-order valence-corrected chi connectivity index (χ0v) is 16.5. The number of piperidine rings is 1. The van der Waals surface area contributed by atoms with Crippen LogP contribution in [-0.4, -0.2) is 60.4 Å². The summed E-state index contributed by atoms with van der Waals surface area (Å²) in [6.07, 6.45) is 1.19. The number of nitrogens with zero attached hydrogens (tertiary/aromatic N) is 1. The molecule has 0 spiro atoms. The lowest BCUT2D eigenvalue weighted by Gasteiger charge is -2.34. The van der Waals surface area contributed by atoms with Crippen molar-refractivity contribution in [1.82, 2.24) is 10.2 Å². The number of amides is 1. The number of para-hydroxylation sites is 2. The summed E-state index contributed by atoms with van der Waals surface area (Å²) < 4.78 is 11.6. The molecule has 1 saturated heterocycles. The summed E-state index contributed by atoms with van der Waals surface area (Å²) in [6.45, 7) is 2.27. The zero-order valence-electron chi connectivity index (χ0n) is 16.5. The van der Waals surface area contributed by atoms with Crippen molar-refractivity contribution < 1.29 is 19.4 Å². The van der Waals surface area contributed by atoms with E-state index in [9.17, 15) is 9.90 Å². The monoisotopic (exact) mass is 396 g/mol. The summed E-state index contributed by atoms with van der Waals surface area (Å²) in [7, 11) is 0. The first kappa shape index (κ1) is 19.7. The predicted molar refractivity (Wildman–Crippen MR) is 110 cm³/mol. The van der Waals surface area contributed by atoms with Crippen molar-refractivity contribution in [1.29, 1.82) is 0 Å². The summed E-state index contributed by atoms with van der Waals surface area (Å²) in [4.78, 5) is 14.4. The quantitative estimate of drug-likeness (QED) is 0.782. The molecule has 2 aliphatic heterocycles. The molecular weight excluding hydrogens is 368 g/mol. The van der Waals surface area contributed by atoms with Gasteiger partial charge in [-0.3, -0.25) is 4.79 Å². The molecule has 6 nitrogen and oxygen atoms in total. The van der Waals surface area contributed by atoms with Gasteiger partial charge in [0.15, 0.2) is 17.6 Å². The van der Waals surface area contributed by atoms with Crippen molar-refractivity contribution in [2.45, 2.75) is 37.5 Å². The van der Waals surface area contributed by atoms with Crippen LogP contribution in [-0.2, 0) is 11.2 Å². The average molecular weight is 396 g/mol. The Kier molecular flexibility index (Phi) is 6.32. The fraction of sp³-hybridized carbons (Fsp3) is 0.435. The van der Waals surface area contributed by atoms with Gasteiger partial charge in [0.25, 0.3) is 0 Å². The highest BCUT2D eigenvalue weighted by Gasteiger charge is 2.29. The fourth-order valence-corrected chi connectivity index (χ4v) is 3.86. The molecule has 2 atom stereocenters. The first-order valence-corrected chi connectivity index (χ1v) is 10.3. The molecule has 0 aromatic heterocycles. The minimum atomic E-state index is -0.652. The Balaban J connectivity index is 1.19. The second-order valence-corrected chi connectivity index (χ2v) is 7.71. The van der Waals surface area contributed by atoms with Gasteiger partial charge in [0.1, 0.15) is 12.7 Å². The number of hydrogen-bond donors (Lipinski definition) is 2. The van der Waals surface area contributed by atoms with Crippen LogP contribution in [0.1, 0.15) is 18.4 Å². The molecule has 2 aliphatic rings. The highest BCUT2D eigenvalue weighted by atomic mass is 16.6. The molecule has 4 rings (SSSR count). The Labute approximate surface area is 171 Å². The molecule has 2 aromatic carbocycles. The third-order valence-electron chi connectivity index (χ3n) is 5.62. The number of likely N-dealkylation sites (tertiary alicyclic amines) is 1. The lowest BCUT2D eigenvalue weighted by molar-refractivity contribution is -0.131. The molecule has 154 valence electrons. The van der Waals surface area contributed by atoms with Crippen LogP contribution in [0.2, 0.25) is 0 Å². The molecule has 1 amide bonds. The molecule has 29 heavy (non-hydrogen) atoms. The van der Waals surface area contributed by atoms with E-state index in [-0.39, 0.29) is 12.0 Å². The number of fused-ring (bicyclic) bond motifs is 1. The van der Waals surface area contributed by atoms with Crippen LogP contribution in [0.25, 0.3) is 0 Å². The van der Waals surface area contributed by atoms with Crippen LogP contribution in [0.15, 0.2) is 54.6 Å². The Hall–Kier alpha value is -2.57. The number of carbonyl (C=O) groups excluding carboxylic acids is 1. The van der Waals surface area contributed by atoms with E-state index in [1.807, 2.05) is 59.5 Å². The summed E-state index contributed by atoms with van der Waals surface area (Å²) >= 11 is 0. The van der Waals surface area contributed by atoms with Crippen molar-refractivity contribution in [3.8, 4) is 11.5 Å². The molecule has 1 fully saturated rings. The second-order valence-electron chi connectivity index (χ2n) is 7.71. The van der Waals surface area contributed by atoms with Crippen molar-refractivity contribution in [2.24, 2.45) is 0 Å². The number of ether oxygens (including phenoxy) is 2. The van der Waals surface area contributed by atoms with E-state index in [1.165, 1.54) is 0 Å². The minimum Gasteiger partial charge on any atom is -0.486 e. The van der Waals surface area contributed by atoms with Crippen molar-refractivity contribution in [3.05, 3.63) is 60.2 Å². The van der Waals surface area contributed by atoms with Gasteiger partial charge >= 0.3 is 0 Å². The number of nitrogens with one attached hydrogen (secondary N) is 1. The van der Waals surface area contributed by atoms with Crippen LogP contribution < -0.4 is 14.8 Å². The third-order valence-corrected chi connectivity index (χ3v) is 5.62. The van der Waals surface area contributed by atoms with E-state index >= 15 is 0 Å². The molecule has 2 heterocycles.